The molecule has 1 heterocycles. The molecule has 0 bridgehead atoms. The number of carbonyl (C=O) groups excluding carboxylic acids is 3. The monoisotopic (exact) mass is 340 g/mol. The molecule has 0 aliphatic carbocycles. The fourth-order valence-electron chi connectivity index (χ4n) is 2.37. The number of hydrogen-bond donors (Lipinski definition) is 2. The van der Waals surface area contributed by atoms with Crippen molar-refractivity contribution in [3.05, 3.63) is 53.6 Å². The van der Waals surface area contributed by atoms with Crippen molar-refractivity contribution < 1.29 is 23.9 Å². The smallest absolute Gasteiger partial charge is 0.337 e. The van der Waals surface area contributed by atoms with E-state index in [9.17, 15) is 14.4 Å². The first kappa shape index (κ1) is 16.5. The Hall–Kier alpha value is -3.35. The van der Waals surface area contributed by atoms with E-state index in [-0.39, 0.29) is 11.8 Å². The number of rotatable bonds is 3. The highest BCUT2D eigenvalue weighted by Crippen LogP contribution is 2.32. The van der Waals surface area contributed by atoms with E-state index >= 15 is 0 Å². The molecule has 0 saturated heterocycles. The normalized spacial score (nSPS) is 15.4. The Labute approximate surface area is 143 Å². The van der Waals surface area contributed by atoms with Gasteiger partial charge in [-0.05, 0) is 49.4 Å². The van der Waals surface area contributed by atoms with Crippen LogP contribution in [0.15, 0.2) is 42.5 Å². The van der Waals surface area contributed by atoms with E-state index in [1.165, 1.54) is 31.4 Å². The second-order valence-electron chi connectivity index (χ2n) is 5.48. The van der Waals surface area contributed by atoms with Crippen LogP contribution in [-0.4, -0.2) is 31.0 Å². The summed E-state index contributed by atoms with van der Waals surface area (Å²) < 4.78 is 10.1. The van der Waals surface area contributed by atoms with Gasteiger partial charge >= 0.3 is 5.97 Å². The summed E-state index contributed by atoms with van der Waals surface area (Å²) >= 11 is 0. The zero-order valence-electron chi connectivity index (χ0n) is 13.7. The highest BCUT2D eigenvalue weighted by Gasteiger charge is 2.23. The maximum absolute atomic E-state index is 12.3. The molecule has 0 aromatic heterocycles. The zero-order chi connectivity index (χ0) is 18.0. The summed E-state index contributed by atoms with van der Waals surface area (Å²) in [5, 5.41) is 5.46. The number of carbonyl (C=O) groups is 3. The number of amides is 2. The average molecular weight is 340 g/mol. The summed E-state index contributed by atoms with van der Waals surface area (Å²) in [6.45, 7) is 1.66. The molecule has 0 unspecified atom stereocenters. The molecular weight excluding hydrogens is 324 g/mol. The number of ether oxygens (including phenoxy) is 2. The van der Waals surface area contributed by atoms with Crippen LogP contribution in [0.3, 0.4) is 0 Å². The lowest BCUT2D eigenvalue weighted by Gasteiger charge is -2.23. The van der Waals surface area contributed by atoms with E-state index in [0.29, 0.717) is 28.3 Å². The number of esters is 1. The van der Waals surface area contributed by atoms with Crippen molar-refractivity contribution in [3.8, 4) is 5.75 Å². The maximum atomic E-state index is 12.3. The molecule has 2 aromatic rings. The lowest BCUT2D eigenvalue weighted by atomic mass is 10.1. The Morgan fingerprint density at radius 1 is 1.12 bits per heavy atom. The summed E-state index contributed by atoms with van der Waals surface area (Å²) in [6.07, 6.45) is -0.554. The van der Waals surface area contributed by atoms with Crippen LogP contribution in [0, 0.1) is 0 Å². The second-order valence-corrected chi connectivity index (χ2v) is 5.48. The van der Waals surface area contributed by atoms with Crippen molar-refractivity contribution in [2.24, 2.45) is 0 Å². The van der Waals surface area contributed by atoms with Crippen LogP contribution >= 0.6 is 0 Å². The Bertz CT molecular complexity index is 845. The van der Waals surface area contributed by atoms with Crippen molar-refractivity contribution in [1.82, 2.24) is 0 Å². The molecule has 2 N–H and O–H groups in total. The van der Waals surface area contributed by atoms with Gasteiger partial charge in [-0.15, -0.1) is 0 Å². The quantitative estimate of drug-likeness (QED) is 0.837. The van der Waals surface area contributed by atoms with Gasteiger partial charge in [0.05, 0.1) is 18.4 Å². The van der Waals surface area contributed by atoms with E-state index in [1.54, 1.807) is 25.1 Å². The highest BCUT2D eigenvalue weighted by atomic mass is 16.5. The van der Waals surface area contributed by atoms with Crippen molar-refractivity contribution in [2.45, 2.75) is 13.0 Å². The summed E-state index contributed by atoms with van der Waals surface area (Å²) in [4.78, 5) is 35.4. The molecule has 0 spiro atoms. The van der Waals surface area contributed by atoms with Crippen LogP contribution in [-0.2, 0) is 9.53 Å². The summed E-state index contributed by atoms with van der Waals surface area (Å²) in [5.74, 6) is -0.499. The third kappa shape index (κ3) is 3.45. The van der Waals surface area contributed by atoms with E-state index in [0.717, 1.165) is 0 Å². The van der Waals surface area contributed by atoms with Crippen LogP contribution in [0.25, 0.3) is 0 Å². The first-order chi connectivity index (χ1) is 12.0. The molecular formula is C18H16N2O5. The Kier molecular flexibility index (Phi) is 4.38. The lowest BCUT2D eigenvalue weighted by Crippen LogP contribution is -2.34. The second kappa shape index (κ2) is 6.64. The standard InChI is InChI=1S/C18H16N2O5/c1-10-16(21)20-14-9-13(7-8-15(14)25-10)19-17(22)11-3-5-12(6-4-11)18(23)24-2/h3-10H,1-2H3,(H,19,22)(H,20,21)/t10-/m0/s1. The molecule has 0 radical (unpaired) electrons. The van der Waals surface area contributed by atoms with Gasteiger partial charge in [0.1, 0.15) is 5.75 Å². The largest absolute Gasteiger partial charge is 0.479 e. The number of nitrogens with one attached hydrogen (secondary N) is 2. The molecule has 25 heavy (non-hydrogen) atoms. The molecule has 128 valence electrons. The van der Waals surface area contributed by atoms with Crippen LogP contribution in [0.2, 0.25) is 0 Å². The van der Waals surface area contributed by atoms with Gasteiger partial charge in [-0.3, -0.25) is 9.59 Å². The van der Waals surface area contributed by atoms with Gasteiger partial charge in [-0.2, -0.15) is 0 Å². The minimum Gasteiger partial charge on any atom is -0.479 e. The minimum absolute atomic E-state index is 0.241. The van der Waals surface area contributed by atoms with Crippen LogP contribution in [0.5, 0.6) is 5.75 Å². The van der Waals surface area contributed by atoms with Gasteiger partial charge < -0.3 is 20.1 Å². The van der Waals surface area contributed by atoms with Crippen molar-refractivity contribution in [1.29, 1.82) is 0 Å². The molecule has 2 aromatic carbocycles. The van der Waals surface area contributed by atoms with Crippen LogP contribution in [0.1, 0.15) is 27.6 Å². The van der Waals surface area contributed by atoms with Gasteiger partial charge in [0.25, 0.3) is 11.8 Å². The number of anilines is 2. The predicted octanol–water partition coefficient (Wildman–Crippen LogP) is 2.44. The molecule has 1 aliphatic heterocycles. The Morgan fingerprint density at radius 2 is 1.80 bits per heavy atom. The van der Waals surface area contributed by atoms with Crippen LogP contribution < -0.4 is 15.4 Å². The third-order valence-corrected chi connectivity index (χ3v) is 3.74. The van der Waals surface area contributed by atoms with E-state index in [2.05, 4.69) is 15.4 Å². The highest BCUT2D eigenvalue weighted by molar-refractivity contribution is 6.05. The number of fused-ring (bicyclic) bond motifs is 1. The van der Waals surface area contributed by atoms with Gasteiger partial charge in [0.15, 0.2) is 6.10 Å². The average Bonchev–Trinajstić information content (AvgIpc) is 2.62. The fourth-order valence-corrected chi connectivity index (χ4v) is 2.37. The number of benzene rings is 2. The molecule has 1 atom stereocenters. The van der Waals surface area contributed by atoms with Gasteiger partial charge in [-0.1, -0.05) is 0 Å². The maximum Gasteiger partial charge on any atom is 0.337 e. The SMILES string of the molecule is COC(=O)c1ccc(C(=O)Nc2ccc3c(c2)NC(=O)[C@H](C)O3)cc1. The molecule has 0 fully saturated rings. The predicted molar refractivity (Wildman–Crippen MR) is 90.9 cm³/mol. The molecule has 7 heteroatoms. The van der Waals surface area contributed by atoms with E-state index < -0.39 is 12.1 Å². The first-order valence-electron chi connectivity index (χ1n) is 7.59. The zero-order valence-corrected chi connectivity index (χ0v) is 13.7. The Morgan fingerprint density at radius 3 is 2.48 bits per heavy atom. The molecule has 3 rings (SSSR count). The number of hydrogen-bond acceptors (Lipinski definition) is 5. The topological polar surface area (TPSA) is 93.7 Å². The molecule has 0 saturated carbocycles. The van der Waals surface area contributed by atoms with Gasteiger partial charge in [0.2, 0.25) is 0 Å². The molecule has 2 amide bonds. The summed E-state index contributed by atoms with van der Waals surface area (Å²) in [5.41, 5.74) is 1.77. The van der Waals surface area contributed by atoms with Crippen molar-refractivity contribution >= 4 is 29.2 Å². The third-order valence-electron chi connectivity index (χ3n) is 3.74. The Balaban J connectivity index is 1.74. The molecule has 1 aliphatic rings. The minimum atomic E-state index is -0.554. The van der Waals surface area contributed by atoms with Crippen molar-refractivity contribution in [3.63, 3.8) is 0 Å². The summed E-state index contributed by atoms with van der Waals surface area (Å²) in [7, 11) is 1.29. The molecule has 7 nitrogen and oxygen atoms in total. The van der Waals surface area contributed by atoms with Crippen LogP contribution in [0.4, 0.5) is 11.4 Å². The van der Waals surface area contributed by atoms with Gasteiger partial charge in [-0.25, -0.2) is 4.79 Å². The fraction of sp³-hybridized carbons (Fsp3) is 0.167. The first-order valence-corrected chi connectivity index (χ1v) is 7.59. The van der Waals surface area contributed by atoms with E-state index in [4.69, 9.17) is 4.74 Å². The van der Waals surface area contributed by atoms with Gasteiger partial charge in [0, 0.05) is 11.3 Å². The van der Waals surface area contributed by atoms with Crippen molar-refractivity contribution in [2.75, 3.05) is 17.7 Å². The summed E-state index contributed by atoms with van der Waals surface area (Å²) in [6, 6.07) is 11.1. The number of methoxy groups -OCH3 is 1. The van der Waals surface area contributed by atoms with E-state index in [1.807, 2.05) is 0 Å². The lowest BCUT2D eigenvalue weighted by molar-refractivity contribution is -0.122.